The molecular formula is C20H27N3O3. The van der Waals surface area contributed by atoms with Crippen LogP contribution < -0.4 is 25.3 Å². The molecule has 2 rings (SSSR count). The minimum atomic E-state index is -0.157. The fourth-order valence-corrected chi connectivity index (χ4v) is 2.52. The lowest BCUT2D eigenvalue weighted by Gasteiger charge is -2.23. The normalized spacial score (nSPS) is 11.8. The first-order valence-corrected chi connectivity index (χ1v) is 8.33. The van der Waals surface area contributed by atoms with Gasteiger partial charge in [0, 0.05) is 17.2 Å². The summed E-state index contributed by atoms with van der Waals surface area (Å²) in [5, 5.41) is 3.08. The number of hydrogen-bond donors (Lipinski definition) is 2. The van der Waals surface area contributed by atoms with Gasteiger partial charge < -0.3 is 25.3 Å². The van der Waals surface area contributed by atoms with E-state index in [1.54, 1.807) is 21.3 Å². The first-order chi connectivity index (χ1) is 12.4. The topological polar surface area (TPSA) is 78.1 Å². The summed E-state index contributed by atoms with van der Waals surface area (Å²) in [7, 11) is 4.85. The van der Waals surface area contributed by atoms with Gasteiger partial charge in [0.2, 0.25) is 0 Å². The molecule has 0 heterocycles. The Hall–Kier alpha value is -2.89. The van der Waals surface area contributed by atoms with Gasteiger partial charge in [0.05, 0.1) is 27.9 Å². The van der Waals surface area contributed by atoms with Crippen LogP contribution in [0.25, 0.3) is 0 Å². The lowest BCUT2D eigenvalue weighted by molar-refractivity contribution is 0.355. The molecule has 2 aromatic rings. The number of nitrogens with zero attached hydrogens (tertiary/aromatic N) is 1. The quantitative estimate of drug-likeness (QED) is 0.586. The van der Waals surface area contributed by atoms with Crippen molar-refractivity contribution < 1.29 is 14.2 Å². The second kappa shape index (κ2) is 8.47. The highest BCUT2D eigenvalue weighted by molar-refractivity contribution is 5.92. The average molecular weight is 357 g/mol. The molecule has 0 radical (unpaired) electrons. The van der Waals surface area contributed by atoms with E-state index in [9.17, 15) is 0 Å². The molecule has 0 aliphatic rings. The summed E-state index contributed by atoms with van der Waals surface area (Å²) < 4.78 is 15.7. The fourth-order valence-electron chi connectivity index (χ4n) is 2.52. The van der Waals surface area contributed by atoms with Crippen molar-refractivity contribution in [3.63, 3.8) is 0 Å². The van der Waals surface area contributed by atoms with E-state index in [1.807, 2.05) is 42.5 Å². The highest BCUT2D eigenvalue weighted by Gasteiger charge is 2.20. The molecule has 26 heavy (non-hydrogen) atoms. The Bertz CT molecular complexity index is 755. The van der Waals surface area contributed by atoms with E-state index in [1.165, 1.54) is 5.56 Å². The third-order valence-corrected chi connectivity index (χ3v) is 4.17. The monoisotopic (exact) mass is 357 g/mol. The number of nitrogens with two attached hydrogens (primary N) is 1. The maximum Gasteiger partial charge on any atom is 0.193 e. The number of methoxy groups -OCH3 is 3. The van der Waals surface area contributed by atoms with Crippen LogP contribution in [0.3, 0.4) is 0 Å². The first-order valence-electron chi connectivity index (χ1n) is 8.33. The van der Waals surface area contributed by atoms with Gasteiger partial charge in [-0.2, -0.15) is 0 Å². The molecule has 0 fully saturated rings. The molecule has 0 aliphatic carbocycles. The van der Waals surface area contributed by atoms with Crippen molar-refractivity contribution >= 4 is 11.6 Å². The van der Waals surface area contributed by atoms with Crippen LogP contribution in [0, 0.1) is 0 Å². The molecule has 0 aliphatic heterocycles. The van der Waals surface area contributed by atoms with Crippen molar-refractivity contribution in [1.82, 2.24) is 0 Å². The van der Waals surface area contributed by atoms with Gasteiger partial charge >= 0.3 is 0 Å². The van der Waals surface area contributed by atoms with Crippen LogP contribution in [0.2, 0.25) is 0 Å². The predicted molar refractivity (Wildman–Crippen MR) is 106 cm³/mol. The van der Waals surface area contributed by atoms with Gasteiger partial charge in [0.25, 0.3) is 0 Å². The molecule has 0 amide bonds. The molecule has 3 N–H and O–H groups in total. The Kier molecular flexibility index (Phi) is 6.33. The Balaban J connectivity index is 2.06. The van der Waals surface area contributed by atoms with Crippen molar-refractivity contribution in [2.75, 3.05) is 33.2 Å². The highest BCUT2D eigenvalue weighted by Crippen LogP contribution is 2.30. The van der Waals surface area contributed by atoms with E-state index in [2.05, 4.69) is 24.2 Å². The number of hydrogen-bond acceptors (Lipinski definition) is 4. The van der Waals surface area contributed by atoms with E-state index in [0.717, 1.165) is 11.4 Å². The molecule has 0 bridgehead atoms. The number of guanidine groups is 1. The Morgan fingerprint density at radius 2 is 1.62 bits per heavy atom. The molecule has 140 valence electrons. The van der Waals surface area contributed by atoms with E-state index < -0.39 is 0 Å². The molecule has 0 saturated heterocycles. The average Bonchev–Trinajstić information content (AvgIpc) is 2.66. The van der Waals surface area contributed by atoms with Gasteiger partial charge in [-0.05, 0) is 29.8 Å². The van der Waals surface area contributed by atoms with Crippen LogP contribution in [-0.4, -0.2) is 33.8 Å². The zero-order valence-corrected chi connectivity index (χ0v) is 16.0. The number of anilines is 1. The summed E-state index contributed by atoms with van der Waals surface area (Å²) in [6, 6.07) is 13.5. The molecule has 0 saturated carbocycles. The Labute approximate surface area is 155 Å². The number of rotatable bonds is 7. The molecule has 0 spiro atoms. The van der Waals surface area contributed by atoms with Crippen molar-refractivity contribution in [2.24, 2.45) is 10.7 Å². The smallest absolute Gasteiger partial charge is 0.193 e. The number of benzene rings is 2. The molecule has 0 unspecified atom stereocenters. The van der Waals surface area contributed by atoms with Crippen LogP contribution in [0.15, 0.2) is 47.5 Å². The molecular weight excluding hydrogens is 330 g/mol. The summed E-state index contributed by atoms with van der Waals surface area (Å²) >= 11 is 0. The molecule has 6 nitrogen and oxygen atoms in total. The zero-order chi connectivity index (χ0) is 19.2. The minimum Gasteiger partial charge on any atom is -0.497 e. The molecule has 2 aromatic carbocycles. The van der Waals surface area contributed by atoms with Crippen molar-refractivity contribution in [3.8, 4) is 17.2 Å². The second-order valence-corrected chi connectivity index (χ2v) is 6.51. The maximum absolute atomic E-state index is 6.05. The summed E-state index contributed by atoms with van der Waals surface area (Å²) in [5.74, 6) is 2.47. The third-order valence-electron chi connectivity index (χ3n) is 4.17. The van der Waals surface area contributed by atoms with Gasteiger partial charge in [-0.1, -0.05) is 26.0 Å². The van der Waals surface area contributed by atoms with E-state index in [-0.39, 0.29) is 5.41 Å². The van der Waals surface area contributed by atoms with Crippen molar-refractivity contribution in [3.05, 3.63) is 48.0 Å². The number of nitrogens with one attached hydrogen (secondary N) is 1. The summed E-state index contributed by atoms with van der Waals surface area (Å²) in [6.07, 6.45) is 0. The molecule has 6 heteroatoms. The molecule has 0 atom stereocenters. The van der Waals surface area contributed by atoms with Crippen LogP contribution in [-0.2, 0) is 5.41 Å². The summed E-state index contributed by atoms with van der Waals surface area (Å²) in [5.41, 5.74) is 7.84. The highest BCUT2D eigenvalue weighted by atomic mass is 16.5. The number of ether oxygens (including phenoxy) is 3. The van der Waals surface area contributed by atoms with Gasteiger partial charge in [-0.3, -0.25) is 4.99 Å². The SMILES string of the molecule is COc1ccc(C(C)(C)CN=C(N)Nc2ccc(OC)c(OC)c2)cc1. The van der Waals surface area contributed by atoms with Gasteiger partial charge in [-0.15, -0.1) is 0 Å². The van der Waals surface area contributed by atoms with Crippen LogP contribution in [0.5, 0.6) is 17.2 Å². The second-order valence-electron chi connectivity index (χ2n) is 6.51. The minimum absolute atomic E-state index is 0.157. The standard InChI is InChI=1S/C20H27N3O3/c1-20(2,14-6-9-16(24-3)10-7-14)13-22-19(21)23-15-8-11-17(25-4)18(12-15)26-5/h6-12H,13H2,1-5H3,(H3,21,22,23). The summed E-state index contributed by atoms with van der Waals surface area (Å²) in [4.78, 5) is 4.49. The van der Waals surface area contributed by atoms with Gasteiger partial charge in [0.1, 0.15) is 5.75 Å². The zero-order valence-electron chi connectivity index (χ0n) is 16.0. The third kappa shape index (κ3) is 4.81. The van der Waals surface area contributed by atoms with Crippen molar-refractivity contribution in [2.45, 2.75) is 19.3 Å². The van der Waals surface area contributed by atoms with Gasteiger partial charge in [0.15, 0.2) is 17.5 Å². The first kappa shape index (κ1) is 19.4. The van der Waals surface area contributed by atoms with Gasteiger partial charge in [-0.25, -0.2) is 0 Å². The van der Waals surface area contributed by atoms with E-state index >= 15 is 0 Å². The largest absolute Gasteiger partial charge is 0.497 e. The lowest BCUT2D eigenvalue weighted by Crippen LogP contribution is -2.27. The molecule has 0 aromatic heterocycles. The van der Waals surface area contributed by atoms with Crippen LogP contribution >= 0.6 is 0 Å². The van der Waals surface area contributed by atoms with E-state index in [0.29, 0.717) is 24.0 Å². The fraction of sp³-hybridized carbons (Fsp3) is 0.350. The van der Waals surface area contributed by atoms with Crippen LogP contribution in [0.1, 0.15) is 19.4 Å². The maximum atomic E-state index is 6.05. The number of aliphatic imine (C=N–C) groups is 1. The summed E-state index contributed by atoms with van der Waals surface area (Å²) in [6.45, 7) is 4.80. The Morgan fingerprint density at radius 1 is 0.962 bits per heavy atom. The lowest BCUT2D eigenvalue weighted by atomic mass is 9.85. The Morgan fingerprint density at radius 3 is 2.19 bits per heavy atom. The van der Waals surface area contributed by atoms with Crippen molar-refractivity contribution in [1.29, 1.82) is 0 Å². The van der Waals surface area contributed by atoms with Crippen LogP contribution in [0.4, 0.5) is 5.69 Å². The predicted octanol–water partition coefficient (Wildman–Crippen LogP) is 3.42. The van der Waals surface area contributed by atoms with E-state index in [4.69, 9.17) is 19.9 Å².